The van der Waals surface area contributed by atoms with E-state index in [0.717, 1.165) is 18.2 Å². The quantitative estimate of drug-likeness (QED) is 0.676. The van der Waals surface area contributed by atoms with Crippen molar-refractivity contribution < 1.29 is 0 Å². The van der Waals surface area contributed by atoms with Crippen LogP contribution in [0.1, 0.15) is 46.0 Å². The lowest BCUT2D eigenvalue weighted by molar-refractivity contribution is 0.523. The van der Waals surface area contributed by atoms with Crippen LogP contribution in [0.25, 0.3) is 0 Å². The van der Waals surface area contributed by atoms with E-state index in [4.69, 9.17) is 5.73 Å². The van der Waals surface area contributed by atoms with Crippen LogP contribution in [0.15, 0.2) is 18.3 Å². The fourth-order valence-corrected chi connectivity index (χ4v) is 1.82. The highest BCUT2D eigenvalue weighted by molar-refractivity contribution is 5.49. The highest BCUT2D eigenvalue weighted by atomic mass is 14.9. The minimum Gasteiger partial charge on any atom is -0.385 e. The van der Waals surface area contributed by atoms with Gasteiger partial charge in [0.2, 0.25) is 0 Å². The van der Waals surface area contributed by atoms with Crippen molar-refractivity contribution in [3.63, 3.8) is 0 Å². The summed E-state index contributed by atoms with van der Waals surface area (Å²) >= 11 is 0. The maximum Gasteiger partial charge on any atom is 0.125 e. The Balaban J connectivity index is 2.01. The average molecular weight is 235 g/mol. The minimum atomic E-state index is 0.576. The molecule has 3 N–H and O–H groups in total. The Bertz CT molecular complexity index is 310. The molecule has 0 aliphatic rings. The largest absolute Gasteiger partial charge is 0.385 e. The van der Waals surface area contributed by atoms with Gasteiger partial charge in [-0.25, -0.2) is 4.98 Å². The zero-order valence-corrected chi connectivity index (χ0v) is 11.1. The molecule has 3 nitrogen and oxygen atoms in total. The molecule has 0 aliphatic carbocycles. The Labute approximate surface area is 105 Å². The first-order valence-corrected chi connectivity index (χ1v) is 6.64. The molecule has 0 saturated heterocycles. The van der Waals surface area contributed by atoms with E-state index >= 15 is 0 Å². The molecule has 0 unspecified atom stereocenters. The van der Waals surface area contributed by atoms with Crippen molar-refractivity contribution in [2.75, 3.05) is 17.6 Å². The lowest BCUT2D eigenvalue weighted by atomic mass is 10.0. The SMILES string of the molecule is CC(C)CCCCCCNc1ccnc(N)c1. The highest BCUT2D eigenvalue weighted by Crippen LogP contribution is 2.11. The van der Waals surface area contributed by atoms with Crippen LogP contribution in [0.4, 0.5) is 11.5 Å². The van der Waals surface area contributed by atoms with E-state index in [-0.39, 0.29) is 0 Å². The molecule has 0 amide bonds. The van der Waals surface area contributed by atoms with Crippen molar-refractivity contribution in [2.45, 2.75) is 46.0 Å². The van der Waals surface area contributed by atoms with Gasteiger partial charge in [0.1, 0.15) is 5.82 Å². The van der Waals surface area contributed by atoms with Crippen molar-refractivity contribution >= 4 is 11.5 Å². The third kappa shape index (κ3) is 6.82. The summed E-state index contributed by atoms with van der Waals surface area (Å²) in [5, 5.41) is 3.37. The van der Waals surface area contributed by atoms with Gasteiger partial charge in [-0.1, -0.05) is 39.5 Å². The van der Waals surface area contributed by atoms with Crippen LogP contribution >= 0.6 is 0 Å². The average Bonchev–Trinajstić information content (AvgIpc) is 2.27. The summed E-state index contributed by atoms with van der Waals surface area (Å²) in [6.45, 7) is 5.59. The number of hydrogen-bond donors (Lipinski definition) is 2. The number of unbranched alkanes of at least 4 members (excludes halogenated alkanes) is 3. The molecule has 0 saturated carbocycles. The monoisotopic (exact) mass is 235 g/mol. The minimum absolute atomic E-state index is 0.576. The molecule has 1 rings (SSSR count). The zero-order valence-electron chi connectivity index (χ0n) is 11.1. The maximum atomic E-state index is 5.61. The lowest BCUT2D eigenvalue weighted by Gasteiger charge is -2.07. The number of aromatic nitrogens is 1. The summed E-state index contributed by atoms with van der Waals surface area (Å²) in [7, 11) is 0. The van der Waals surface area contributed by atoms with Gasteiger partial charge in [-0.2, -0.15) is 0 Å². The predicted octanol–water partition coefficient (Wildman–Crippen LogP) is 3.68. The van der Waals surface area contributed by atoms with Crippen molar-refractivity contribution in [1.29, 1.82) is 0 Å². The van der Waals surface area contributed by atoms with Crippen LogP contribution in [0.3, 0.4) is 0 Å². The van der Waals surface area contributed by atoms with Gasteiger partial charge in [-0.15, -0.1) is 0 Å². The van der Waals surface area contributed by atoms with E-state index in [9.17, 15) is 0 Å². The van der Waals surface area contributed by atoms with E-state index in [0.29, 0.717) is 5.82 Å². The van der Waals surface area contributed by atoms with Gasteiger partial charge in [0.25, 0.3) is 0 Å². The van der Waals surface area contributed by atoms with Crippen molar-refractivity contribution in [2.24, 2.45) is 5.92 Å². The molecule has 0 bridgehead atoms. The van der Waals surface area contributed by atoms with Gasteiger partial charge in [0.05, 0.1) is 0 Å². The number of rotatable bonds is 8. The number of hydrogen-bond acceptors (Lipinski definition) is 3. The van der Waals surface area contributed by atoms with Crippen molar-refractivity contribution in [1.82, 2.24) is 4.98 Å². The van der Waals surface area contributed by atoms with Crippen LogP contribution < -0.4 is 11.1 Å². The maximum absolute atomic E-state index is 5.61. The lowest BCUT2D eigenvalue weighted by Crippen LogP contribution is -2.02. The molecule has 0 radical (unpaired) electrons. The summed E-state index contributed by atoms with van der Waals surface area (Å²) in [5.41, 5.74) is 6.67. The smallest absolute Gasteiger partial charge is 0.125 e. The molecule has 0 aromatic carbocycles. The molecule has 17 heavy (non-hydrogen) atoms. The Morgan fingerprint density at radius 1 is 1.24 bits per heavy atom. The van der Waals surface area contributed by atoms with E-state index in [1.165, 1.54) is 32.1 Å². The van der Waals surface area contributed by atoms with Crippen molar-refractivity contribution in [3.05, 3.63) is 18.3 Å². The van der Waals surface area contributed by atoms with Gasteiger partial charge in [-0.3, -0.25) is 0 Å². The van der Waals surface area contributed by atoms with Gasteiger partial charge < -0.3 is 11.1 Å². The summed E-state index contributed by atoms with van der Waals surface area (Å²) in [4.78, 5) is 3.96. The fourth-order valence-electron chi connectivity index (χ4n) is 1.82. The normalized spacial score (nSPS) is 10.8. The van der Waals surface area contributed by atoms with Gasteiger partial charge >= 0.3 is 0 Å². The number of nitrogen functional groups attached to an aromatic ring is 1. The van der Waals surface area contributed by atoms with Crippen LogP contribution in [-0.4, -0.2) is 11.5 Å². The molecule has 1 heterocycles. The molecule has 1 aromatic heterocycles. The van der Waals surface area contributed by atoms with E-state index in [1.807, 2.05) is 12.1 Å². The molecule has 0 fully saturated rings. The van der Waals surface area contributed by atoms with Crippen molar-refractivity contribution in [3.8, 4) is 0 Å². The van der Waals surface area contributed by atoms with Crippen LogP contribution in [0.5, 0.6) is 0 Å². The topological polar surface area (TPSA) is 50.9 Å². The zero-order chi connectivity index (χ0) is 12.5. The first-order valence-electron chi connectivity index (χ1n) is 6.64. The molecule has 0 aliphatic heterocycles. The number of pyridine rings is 1. The Morgan fingerprint density at radius 3 is 2.71 bits per heavy atom. The van der Waals surface area contributed by atoms with E-state index in [2.05, 4.69) is 24.1 Å². The van der Waals surface area contributed by atoms with Crippen LogP contribution in [0, 0.1) is 5.92 Å². The molecular weight excluding hydrogens is 210 g/mol. The first kappa shape index (κ1) is 13.8. The Kier molecular flexibility index (Phi) is 6.45. The number of anilines is 2. The van der Waals surface area contributed by atoms with E-state index in [1.54, 1.807) is 6.20 Å². The van der Waals surface area contributed by atoms with Gasteiger partial charge in [-0.05, 0) is 18.4 Å². The predicted molar refractivity (Wildman–Crippen MR) is 75.1 cm³/mol. The summed E-state index contributed by atoms with van der Waals surface area (Å²) in [5.74, 6) is 1.42. The molecule has 0 spiro atoms. The third-order valence-electron chi connectivity index (χ3n) is 2.82. The molecule has 0 atom stereocenters. The number of nitrogens with one attached hydrogen (secondary N) is 1. The molecule has 1 aromatic rings. The fraction of sp³-hybridized carbons (Fsp3) is 0.643. The van der Waals surface area contributed by atoms with E-state index < -0.39 is 0 Å². The van der Waals surface area contributed by atoms with Gasteiger partial charge in [0, 0.05) is 24.5 Å². The number of nitrogens with zero attached hydrogens (tertiary/aromatic N) is 1. The molecule has 96 valence electrons. The second-order valence-electron chi connectivity index (χ2n) is 4.99. The summed E-state index contributed by atoms with van der Waals surface area (Å²) in [6, 6.07) is 3.83. The Morgan fingerprint density at radius 2 is 2.00 bits per heavy atom. The highest BCUT2D eigenvalue weighted by Gasteiger charge is 1.95. The first-order chi connectivity index (χ1) is 8.18. The summed E-state index contributed by atoms with van der Waals surface area (Å²) in [6.07, 6.45) is 8.33. The molecular formula is C14H25N3. The Hall–Kier alpha value is -1.25. The number of nitrogens with two attached hydrogens (primary N) is 1. The standard InChI is InChI=1S/C14H25N3/c1-12(2)7-5-3-4-6-9-16-13-8-10-17-14(15)11-13/h8,10-12H,3-7,9H2,1-2H3,(H3,15,16,17). The van der Waals surface area contributed by atoms with Crippen LogP contribution in [-0.2, 0) is 0 Å². The van der Waals surface area contributed by atoms with Gasteiger partial charge in [0.15, 0.2) is 0 Å². The second kappa shape index (κ2) is 7.93. The van der Waals surface area contributed by atoms with Crippen LogP contribution in [0.2, 0.25) is 0 Å². The second-order valence-corrected chi connectivity index (χ2v) is 4.99. The summed E-state index contributed by atoms with van der Waals surface area (Å²) < 4.78 is 0. The third-order valence-corrected chi connectivity index (χ3v) is 2.82. The molecule has 3 heteroatoms.